The molecule has 0 aromatic heterocycles. The van der Waals surface area contributed by atoms with Gasteiger partial charge >= 0.3 is 7.82 Å². The molecule has 1 rings (SSSR count). The summed E-state index contributed by atoms with van der Waals surface area (Å²) in [5.74, 6) is 0. The van der Waals surface area contributed by atoms with Crippen LogP contribution in [0.5, 0.6) is 0 Å². The highest BCUT2D eigenvalue weighted by molar-refractivity contribution is 7.48. The Labute approximate surface area is 154 Å². The third-order valence-electron chi connectivity index (χ3n) is 3.30. The lowest BCUT2D eigenvalue weighted by Gasteiger charge is -2.24. The molecule has 0 aliphatic carbocycles. The Bertz CT molecular complexity index is 570. The van der Waals surface area contributed by atoms with E-state index in [0.29, 0.717) is 0 Å². The smallest absolute Gasteiger partial charge is 0.284 e. The predicted molar refractivity (Wildman–Crippen MR) is 107 cm³/mol. The summed E-state index contributed by atoms with van der Waals surface area (Å²) in [5.41, 5.74) is 3.58. The van der Waals surface area contributed by atoms with Gasteiger partial charge in [0, 0.05) is 0 Å². The Morgan fingerprint density at radius 1 is 0.960 bits per heavy atom. The maximum absolute atomic E-state index is 12.8. The van der Waals surface area contributed by atoms with Gasteiger partial charge in [-0.15, -0.1) is 0 Å². The van der Waals surface area contributed by atoms with Crippen molar-refractivity contribution in [2.45, 2.75) is 72.1 Å². The maximum atomic E-state index is 12.8. The number of phosphoric ester groups is 1. The number of phosphoric acid groups is 1. The van der Waals surface area contributed by atoms with Crippen LogP contribution in [0.4, 0.5) is 0 Å². The van der Waals surface area contributed by atoms with E-state index in [9.17, 15) is 4.57 Å². The van der Waals surface area contributed by atoms with Gasteiger partial charge in [0.25, 0.3) is 0 Å². The van der Waals surface area contributed by atoms with Gasteiger partial charge in [-0.1, -0.05) is 60.8 Å². The Morgan fingerprint density at radius 3 is 1.96 bits per heavy atom. The van der Waals surface area contributed by atoms with Crippen molar-refractivity contribution < 1.29 is 18.1 Å². The van der Waals surface area contributed by atoms with Gasteiger partial charge in [-0.3, -0.25) is 13.6 Å². The highest BCUT2D eigenvalue weighted by Gasteiger charge is 2.31. The molecule has 0 aliphatic heterocycles. The molecule has 0 aliphatic rings. The van der Waals surface area contributed by atoms with E-state index >= 15 is 0 Å². The second-order valence-corrected chi connectivity index (χ2v) is 13.8. The van der Waals surface area contributed by atoms with E-state index in [1.807, 2.05) is 46.8 Å². The van der Waals surface area contributed by atoms with Crippen molar-refractivity contribution in [1.29, 1.82) is 0 Å². The van der Waals surface area contributed by atoms with E-state index in [4.69, 9.17) is 13.6 Å². The molecule has 0 unspecified atom stereocenters. The van der Waals surface area contributed by atoms with Gasteiger partial charge < -0.3 is 0 Å². The summed E-state index contributed by atoms with van der Waals surface area (Å²) in [6.45, 7) is 13.7. The first kappa shape index (κ1) is 22.3. The summed E-state index contributed by atoms with van der Waals surface area (Å²) in [5, 5.41) is 0. The molecule has 0 fully saturated rings. The molecule has 6 heteroatoms. The standard InChI is InChI=1S/C19H33O4PSi/c1-16(2)21-24(20,22-17(3)4)23-18(5)13-14-25(6,7)15-19-11-9-8-10-12-19/h8-14,16-18H,15H2,1-7H3/b14-13-/t18-/m0/s1. The number of benzene rings is 1. The van der Waals surface area contributed by atoms with E-state index in [1.54, 1.807) is 0 Å². The molecule has 0 spiro atoms. The topological polar surface area (TPSA) is 44.8 Å². The van der Waals surface area contributed by atoms with Gasteiger partial charge in [0.2, 0.25) is 0 Å². The lowest BCUT2D eigenvalue weighted by molar-refractivity contribution is 0.0620. The summed E-state index contributed by atoms with van der Waals surface area (Å²) in [6.07, 6.45) is 1.18. The normalized spacial score (nSPS) is 14.6. The molecule has 0 amide bonds. The Morgan fingerprint density at radius 2 is 1.48 bits per heavy atom. The fraction of sp³-hybridized carbons (Fsp3) is 0.579. The van der Waals surface area contributed by atoms with E-state index in [0.717, 1.165) is 6.04 Å². The number of hydrogen-bond acceptors (Lipinski definition) is 4. The molecule has 25 heavy (non-hydrogen) atoms. The van der Waals surface area contributed by atoms with Crippen LogP contribution < -0.4 is 0 Å². The minimum absolute atomic E-state index is 0.232. The van der Waals surface area contributed by atoms with Gasteiger partial charge in [0.15, 0.2) is 0 Å². The Kier molecular flexibility index (Phi) is 8.79. The van der Waals surface area contributed by atoms with E-state index in [-0.39, 0.29) is 18.3 Å². The van der Waals surface area contributed by atoms with Crippen molar-refractivity contribution >= 4 is 15.9 Å². The van der Waals surface area contributed by atoms with Crippen molar-refractivity contribution in [3.8, 4) is 0 Å². The summed E-state index contributed by atoms with van der Waals surface area (Å²) >= 11 is 0. The molecule has 0 heterocycles. The summed E-state index contributed by atoms with van der Waals surface area (Å²) in [7, 11) is -5.15. The third kappa shape index (κ3) is 9.52. The van der Waals surface area contributed by atoms with Gasteiger partial charge in [0.05, 0.1) is 26.4 Å². The fourth-order valence-corrected chi connectivity index (χ4v) is 6.26. The lowest BCUT2D eigenvalue weighted by atomic mass is 10.2. The molecule has 0 bridgehead atoms. The molecular weight excluding hydrogens is 351 g/mol. The Balaban J connectivity index is 2.72. The Hall–Kier alpha value is -0.713. The zero-order valence-corrected chi connectivity index (χ0v) is 18.5. The summed E-state index contributed by atoms with van der Waals surface area (Å²) in [4.78, 5) is 0. The SMILES string of the molecule is CC(C)OP(=O)(OC(C)C)O[C@@H](C)/C=C\[Si](C)(C)Cc1ccccc1. The molecule has 1 aromatic carbocycles. The lowest BCUT2D eigenvalue weighted by Crippen LogP contribution is -2.27. The zero-order valence-electron chi connectivity index (χ0n) is 16.6. The average Bonchev–Trinajstić information content (AvgIpc) is 2.43. The highest BCUT2D eigenvalue weighted by atomic mass is 31.2. The average molecular weight is 385 g/mol. The van der Waals surface area contributed by atoms with Gasteiger partial charge in [-0.25, -0.2) is 4.57 Å². The van der Waals surface area contributed by atoms with Crippen molar-refractivity contribution in [1.82, 2.24) is 0 Å². The molecule has 1 aromatic rings. The summed E-state index contributed by atoms with van der Waals surface area (Å²) in [6, 6.07) is 11.5. The van der Waals surface area contributed by atoms with Crippen LogP contribution >= 0.6 is 7.82 Å². The van der Waals surface area contributed by atoms with Crippen molar-refractivity contribution in [3.63, 3.8) is 0 Å². The molecule has 142 valence electrons. The van der Waals surface area contributed by atoms with Gasteiger partial charge in [-0.05, 0) is 40.7 Å². The van der Waals surface area contributed by atoms with Crippen molar-refractivity contribution in [3.05, 3.63) is 47.7 Å². The quantitative estimate of drug-likeness (QED) is 0.370. The second kappa shape index (κ2) is 9.84. The van der Waals surface area contributed by atoms with E-state index in [2.05, 4.69) is 43.1 Å². The van der Waals surface area contributed by atoms with Gasteiger partial charge in [0.1, 0.15) is 0 Å². The second-order valence-electron chi connectivity index (χ2n) is 7.58. The minimum atomic E-state index is -3.57. The first-order valence-electron chi connectivity index (χ1n) is 8.90. The van der Waals surface area contributed by atoms with Crippen LogP contribution in [0.3, 0.4) is 0 Å². The third-order valence-corrected chi connectivity index (χ3v) is 7.66. The zero-order chi connectivity index (χ0) is 19.1. The minimum Gasteiger partial charge on any atom is -0.284 e. The fourth-order valence-electron chi connectivity index (χ4n) is 2.41. The number of hydrogen-bond donors (Lipinski definition) is 0. The van der Waals surface area contributed by atoms with Crippen LogP contribution in [0.15, 0.2) is 42.1 Å². The van der Waals surface area contributed by atoms with E-state index in [1.165, 1.54) is 5.56 Å². The first-order valence-corrected chi connectivity index (χ1v) is 13.6. The van der Waals surface area contributed by atoms with Crippen molar-refractivity contribution in [2.75, 3.05) is 0 Å². The van der Waals surface area contributed by atoms with Crippen molar-refractivity contribution in [2.24, 2.45) is 0 Å². The van der Waals surface area contributed by atoms with Crippen LogP contribution in [-0.4, -0.2) is 26.4 Å². The predicted octanol–water partition coefficient (Wildman–Crippen LogP) is 5.94. The molecule has 1 atom stereocenters. The molecule has 4 nitrogen and oxygen atoms in total. The first-order chi connectivity index (χ1) is 11.5. The maximum Gasteiger partial charge on any atom is 0.475 e. The monoisotopic (exact) mass is 384 g/mol. The molecule has 0 radical (unpaired) electrons. The largest absolute Gasteiger partial charge is 0.475 e. The number of rotatable bonds is 10. The van der Waals surface area contributed by atoms with Crippen LogP contribution in [0.1, 0.15) is 40.2 Å². The van der Waals surface area contributed by atoms with Crippen LogP contribution in [0.2, 0.25) is 13.1 Å². The van der Waals surface area contributed by atoms with Gasteiger partial charge in [-0.2, -0.15) is 0 Å². The van der Waals surface area contributed by atoms with Crippen LogP contribution in [0.25, 0.3) is 0 Å². The highest BCUT2D eigenvalue weighted by Crippen LogP contribution is 2.52. The molecule has 0 saturated carbocycles. The van der Waals surface area contributed by atoms with Crippen LogP contribution in [-0.2, 0) is 24.2 Å². The molecule has 0 N–H and O–H groups in total. The van der Waals surface area contributed by atoms with E-state index < -0.39 is 15.9 Å². The summed E-state index contributed by atoms with van der Waals surface area (Å²) < 4.78 is 29.3. The van der Waals surface area contributed by atoms with Crippen LogP contribution in [0, 0.1) is 0 Å². The molecular formula is C19H33O4PSi. The molecule has 0 saturated heterocycles.